The molecule has 1 fully saturated rings. The predicted octanol–water partition coefficient (Wildman–Crippen LogP) is 0.324. The van der Waals surface area contributed by atoms with Gasteiger partial charge in [-0.15, -0.1) is 0 Å². The summed E-state index contributed by atoms with van der Waals surface area (Å²) in [5.41, 5.74) is 0.746. The first-order chi connectivity index (χ1) is 8.70. The molecular weight excluding hydrogens is 232 g/mol. The van der Waals surface area contributed by atoms with Crippen molar-refractivity contribution < 1.29 is 9.53 Å². The van der Waals surface area contributed by atoms with Gasteiger partial charge in [0.05, 0.1) is 31.0 Å². The molecule has 100 valence electrons. The van der Waals surface area contributed by atoms with E-state index in [0.29, 0.717) is 19.1 Å². The van der Waals surface area contributed by atoms with Crippen molar-refractivity contribution in [3.8, 4) is 0 Å². The van der Waals surface area contributed by atoms with Gasteiger partial charge in [0.15, 0.2) is 0 Å². The van der Waals surface area contributed by atoms with Gasteiger partial charge >= 0.3 is 0 Å². The Morgan fingerprint density at radius 1 is 1.67 bits per heavy atom. The summed E-state index contributed by atoms with van der Waals surface area (Å²) in [6.45, 7) is 5.05. The highest BCUT2D eigenvalue weighted by Crippen LogP contribution is 2.18. The van der Waals surface area contributed by atoms with Crippen LogP contribution in [-0.2, 0) is 16.1 Å². The van der Waals surface area contributed by atoms with Crippen molar-refractivity contribution in [2.24, 2.45) is 11.8 Å². The summed E-state index contributed by atoms with van der Waals surface area (Å²) in [7, 11) is 1.65. The maximum atomic E-state index is 12.0. The summed E-state index contributed by atoms with van der Waals surface area (Å²) in [5.74, 6) is 0.500. The van der Waals surface area contributed by atoms with Gasteiger partial charge in [-0.05, 0) is 12.5 Å². The van der Waals surface area contributed by atoms with Gasteiger partial charge in [-0.25, -0.2) is 0 Å². The number of ether oxygens (including phenoxy) is 1. The minimum absolute atomic E-state index is 0.0484. The molecule has 2 atom stereocenters. The number of amides is 1. The molecule has 2 unspecified atom stereocenters. The molecule has 18 heavy (non-hydrogen) atoms. The number of aromatic nitrogens is 2. The minimum atomic E-state index is 0.0484. The summed E-state index contributed by atoms with van der Waals surface area (Å²) in [4.78, 5) is 12.0. The van der Waals surface area contributed by atoms with Gasteiger partial charge in [0.25, 0.3) is 0 Å². The zero-order chi connectivity index (χ0) is 13.0. The molecule has 0 radical (unpaired) electrons. The molecule has 0 bridgehead atoms. The first-order valence-corrected chi connectivity index (χ1v) is 6.23. The topological polar surface area (TPSA) is 68.2 Å². The number of anilines is 1. The Kier molecular flexibility index (Phi) is 4.33. The molecule has 1 aromatic heterocycles. The van der Waals surface area contributed by atoms with Crippen molar-refractivity contribution in [2.75, 3.05) is 32.1 Å². The lowest BCUT2D eigenvalue weighted by atomic mass is 9.97. The Morgan fingerprint density at radius 3 is 3.17 bits per heavy atom. The number of hydrogen-bond acceptors (Lipinski definition) is 4. The van der Waals surface area contributed by atoms with Gasteiger partial charge in [-0.1, -0.05) is 6.92 Å². The molecule has 2 N–H and O–H groups in total. The second-order valence-corrected chi connectivity index (χ2v) is 4.72. The number of rotatable bonds is 5. The molecule has 0 aromatic carbocycles. The molecule has 1 aliphatic heterocycles. The molecule has 0 aliphatic carbocycles. The van der Waals surface area contributed by atoms with Crippen LogP contribution in [0.4, 0.5) is 5.69 Å². The van der Waals surface area contributed by atoms with Crippen LogP contribution in [0.5, 0.6) is 0 Å². The normalized spacial score (nSPS) is 23.2. The molecule has 2 heterocycles. The first-order valence-electron chi connectivity index (χ1n) is 6.23. The van der Waals surface area contributed by atoms with Crippen LogP contribution >= 0.6 is 0 Å². The van der Waals surface area contributed by atoms with Gasteiger partial charge in [0, 0.05) is 19.9 Å². The van der Waals surface area contributed by atoms with Crippen LogP contribution in [0, 0.1) is 11.8 Å². The third-order valence-corrected chi connectivity index (χ3v) is 3.28. The van der Waals surface area contributed by atoms with Crippen LogP contribution in [0.15, 0.2) is 12.4 Å². The standard InChI is InChI=1S/C12H20N4O2/c1-9-5-13-7-11(9)12(17)15-10-6-14-16(8-10)3-4-18-2/h6,8-9,11,13H,3-5,7H2,1-2H3,(H,15,17). The minimum Gasteiger partial charge on any atom is -0.383 e. The quantitative estimate of drug-likeness (QED) is 0.792. The average molecular weight is 252 g/mol. The molecule has 1 amide bonds. The van der Waals surface area contributed by atoms with E-state index in [1.165, 1.54) is 0 Å². The number of hydrogen-bond donors (Lipinski definition) is 2. The van der Waals surface area contributed by atoms with Gasteiger partial charge in [0.2, 0.25) is 5.91 Å². The SMILES string of the molecule is COCCn1cc(NC(=O)C2CNCC2C)cn1. The van der Waals surface area contributed by atoms with Crippen molar-refractivity contribution in [3.63, 3.8) is 0 Å². The lowest BCUT2D eigenvalue weighted by molar-refractivity contribution is -0.120. The smallest absolute Gasteiger partial charge is 0.229 e. The number of carbonyl (C=O) groups excluding carboxylic acids is 1. The summed E-state index contributed by atoms with van der Waals surface area (Å²) in [6, 6.07) is 0. The summed E-state index contributed by atoms with van der Waals surface area (Å²) >= 11 is 0. The molecular formula is C12H20N4O2. The summed E-state index contributed by atoms with van der Waals surface area (Å²) in [6.07, 6.45) is 3.49. The molecule has 6 nitrogen and oxygen atoms in total. The van der Waals surface area contributed by atoms with E-state index in [-0.39, 0.29) is 11.8 Å². The van der Waals surface area contributed by atoms with Crippen LogP contribution in [0.3, 0.4) is 0 Å². The molecule has 1 aliphatic rings. The van der Waals surface area contributed by atoms with Gasteiger partial charge in [0.1, 0.15) is 0 Å². The van der Waals surface area contributed by atoms with E-state index in [9.17, 15) is 4.79 Å². The predicted molar refractivity (Wildman–Crippen MR) is 68.3 cm³/mol. The highest BCUT2D eigenvalue weighted by atomic mass is 16.5. The van der Waals surface area contributed by atoms with Gasteiger partial charge < -0.3 is 15.4 Å². The highest BCUT2D eigenvalue weighted by Gasteiger charge is 2.29. The Balaban J connectivity index is 1.88. The second-order valence-electron chi connectivity index (χ2n) is 4.72. The van der Waals surface area contributed by atoms with Crippen LogP contribution in [0.1, 0.15) is 6.92 Å². The highest BCUT2D eigenvalue weighted by molar-refractivity contribution is 5.92. The van der Waals surface area contributed by atoms with E-state index in [0.717, 1.165) is 18.8 Å². The number of nitrogens with one attached hydrogen (secondary N) is 2. The van der Waals surface area contributed by atoms with Crippen molar-refractivity contribution in [2.45, 2.75) is 13.5 Å². The molecule has 1 saturated heterocycles. The van der Waals surface area contributed by atoms with Crippen molar-refractivity contribution >= 4 is 11.6 Å². The number of carbonyl (C=O) groups is 1. The second kappa shape index (κ2) is 5.97. The Bertz CT molecular complexity index is 405. The molecule has 1 aromatic rings. The first kappa shape index (κ1) is 13.0. The molecule has 6 heteroatoms. The van der Waals surface area contributed by atoms with Crippen LogP contribution < -0.4 is 10.6 Å². The van der Waals surface area contributed by atoms with Crippen molar-refractivity contribution in [1.29, 1.82) is 0 Å². The lowest BCUT2D eigenvalue weighted by Gasteiger charge is -2.12. The maximum absolute atomic E-state index is 12.0. The number of methoxy groups -OCH3 is 1. The van der Waals surface area contributed by atoms with Gasteiger partial charge in [-0.2, -0.15) is 5.10 Å². The van der Waals surface area contributed by atoms with E-state index < -0.39 is 0 Å². The Labute approximate surface area is 107 Å². The van der Waals surface area contributed by atoms with Gasteiger partial charge in [-0.3, -0.25) is 9.48 Å². The number of nitrogens with zero attached hydrogens (tertiary/aromatic N) is 2. The summed E-state index contributed by atoms with van der Waals surface area (Å²) < 4.78 is 6.73. The fraction of sp³-hybridized carbons (Fsp3) is 0.667. The Morgan fingerprint density at radius 2 is 2.50 bits per heavy atom. The third-order valence-electron chi connectivity index (χ3n) is 3.28. The largest absolute Gasteiger partial charge is 0.383 e. The fourth-order valence-electron chi connectivity index (χ4n) is 2.13. The van der Waals surface area contributed by atoms with Crippen LogP contribution in [-0.4, -0.2) is 42.5 Å². The zero-order valence-corrected chi connectivity index (χ0v) is 10.8. The van der Waals surface area contributed by atoms with E-state index in [1.54, 1.807) is 18.0 Å². The average Bonchev–Trinajstić information content (AvgIpc) is 2.95. The van der Waals surface area contributed by atoms with Crippen molar-refractivity contribution in [3.05, 3.63) is 12.4 Å². The fourth-order valence-corrected chi connectivity index (χ4v) is 2.13. The Hall–Kier alpha value is -1.40. The van der Waals surface area contributed by atoms with E-state index in [2.05, 4.69) is 22.7 Å². The van der Waals surface area contributed by atoms with Crippen molar-refractivity contribution in [1.82, 2.24) is 15.1 Å². The third kappa shape index (κ3) is 3.08. The molecule has 2 rings (SSSR count). The zero-order valence-electron chi connectivity index (χ0n) is 10.8. The van der Waals surface area contributed by atoms with E-state index >= 15 is 0 Å². The van der Waals surface area contributed by atoms with E-state index in [4.69, 9.17) is 4.74 Å². The lowest BCUT2D eigenvalue weighted by Crippen LogP contribution is -2.27. The molecule has 0 spiro atoms. The summed E-state index contributed by atoms with van der Waals surface area (Å²) in [5, 5.41) is 10.3. The van der Waals surface area contributed by atoms with Crippen LogP contribution in [0.2, 0.25) is 0 Å². The van der Waals surface area contributed by atoms with Crippen LogP contribution in [0.25, 0.3) is 0 Å². The maximum Gasteiger partial charge on any atom is 0.229 e. The monoisotopic (exact) mass is 252 g/mol. The van der Waals surface area contributed by atoms with E-state index in [1.807, 2.05) is 6.20 Å². The molecule has 0 saturated carbocycles.